The number of benzene rings is 2. The average Bonchev–Trinajstić information content (AvgIpc) is 3.55. The Kier molecular flexibility index (Phi) is 9.09. The summed E-state index contributed by atoms with van der Waals surface area (Å²) >= 11 is 0. The van der Waals surface area contributed by atoms with Gasteiger partial charge in [0.05, 0.1) is 29.6 Å². The van der Waals surface area contributed by atoms with E-state index in [1.165, 1.54) is 11.1 Å². The van der Waals surface area contributed by atoms with E-state index in [0.29, 0.717) is 29.1 Å². The molecule has 2 aromatic carbocycles. The number of anilines is 1. The van der Waals surface area contributed by atoms with Crippen molar-refractivity contribution in [2.75, 3.05) is 44.7 Å². The van der Waals surface area contributed by atoms with Crippen LogP contribution >= 0.6 is 0 Å². The van der Waals surface area contributed by atoms with Gasteiger partial charge in [0.1, 0.15) is 23.6 Å². The normalized spacial score (nSPS) is 18.6. The number of hydrogen-bond acceptors (Lipinski definition) is 9. The van der Waals surface area contributed by atoms with Crippen LogP contribution in [-0.2, 0) is 4.79 Å². The fourth-order valence-electron chi connectivity index (χ4n) is 6.69. The van der Waals surface area contributed by atoms with Gasteiger partial charge in [-0.3, -0.25) is 14.8 Å². The van der Waals surface area contributed by atoms with Crippen molar-refractivity contribution < 1.29 is 18.3 Å². The molecule has 2 saturated heterocycles. The van der Waals surface area contributed by atoms with Gasteiger partial charge in [-0.2, -0.15) is 15.2 Å². The molecule has 2 fully saturated rings. The van der Waals surface area contributed by atoms with E-state index in [2.05, 4.69) is 25.9 Å². The number of nitrogens with zero attached hydrogens (tertiary/aromatic N) is 8. The molecule has 2 atom stereocenters. The average molecular weight is 661 g/mol. The lowest BCUT2D eigenvalue weighted by atomic mass is 10.0. The van der Waals surface area contributed by atoms with Crippen LogP contribution in [0.3, 0.4) is 0 Å². The second-order valence-corrected chi connectivity index (χ2v) is 12.3. The molecule has 1 amide bonds. The second-order valence-electron chi connectivity index (χ2n) is 12.3. The Morgan fingerprint density at radius 2 is 1.86 bits per heavy atom. The zero-order chi connectivity index (χ0) is 33.9. The lowest BCUT2D eigenvalue weighted by molar-refractivity contribution is -0.131. The molecule has 0 aliphatic carbocycles. The summed E-state index contributed by atoms with van der Waals surface area (Å²) in [5, 5.41) is 11.9. The Bertz CT molecular complexity index is 2080. The Morgan fingerprint density at radius 3 is 2.65 bits per heavy atom. The number of amides is 1. The molecule has 3 aromatic heterocycles. The van der Waals surface area contributed by atoms with Gasteiger partial charge in [-0.15, -0.1) is 0 Å². The van der Waals surface area contributed by atoms with Crippen LogP contribution in [0, 0.1) is 17.1 Å². The molecule has 5 heterocycles. The maximum Gasteiger partial charge on any atom is 0.319 e. The summed E-state index contributed by atoms with van der Waals surface area (Å²) in [4.78, 5) is 36.7. The number of carbonyl (C=O) groups excluding carboxylic acids is 1. The first-order valence-electron chi connectivity index (χ1n) is 16.3. The van der Waals surface area contributed by atoms with Crippen LogP contribution < -0.4 is 9.64 Å². The molecule has 10 nitrogen and oxygen atoms in total. The molecule has 0 radical (unpaired) electrons. The van der Waals surface area contributed by atoms with Gasteiger partial charge in [0.15, 0.2) is 11.6 Å². The van der Waals surface area contributed by atoms with E-state index < -0.39 is 23.6 Å². The quantitative estimate of drug-likeness (QED) is 0.191. The molecule has 49 heavy (non-hydrogen) atoms. The second kappa shape index (κ2) is 13.9. The summed E-state index contributed by atoms with van der Waals surface area (Å²) in [7, 11) is 2.04. The van der Waals surface area contributed by atoms with Gasteiger partial charge < -0.3 is 19.4 Å². The van der Waals surface area contributed by atoms with Crippen LogP contribution in [0.1, 0.15) is 25.0 Å². The highest BCUT2D eigenvalue weighted by Gasteiger charge is 2.34. The first-order valence-corrected chi connectivity index (χ1v) is 16.3. The van der Waals surface area contributed by atoms with Gasteiger partial charge in [-0.25, -0.2) is 8.78 Å². The highest BCUT2D eigenvalue weighted by Crippen LogP contribution is 2.35. The highest BCUT2D eigenvalue weighted by molar-refractivity contribution is 5.99. The fourth-order valence-corrected chi connectivity index (χ4v) is 6.69. The van der Waals surface area contributed by atoms with Crippen LogP contribution in [0.4, 0.5) is 14.6 Å². The van der Waals surface area contributed by atoms with Crippen molar-refractivity contribution in [3.05, 3.63) is 90.4 Å². The monoisotopic (exact) mass is 660 g/mol. The number of rotatable bonds is 8. The summed E-state index contributed by atoms with van der Waals surface area (Å²) in [5.41, 5.74) is 1.15. The smallest absolute Gasteiger partial charge is 0.319 e. The minimum atomic E-state index is -0.970. The molecule has 12 heteroatoms. The van der Waals surface area contributed by atoms with E-state index >= 15 is 8.78 Å². The molecule has 248 valence electrons. The number of likely N-dealkylation sites (N-methyl/N-ethyl adjacent to an activating group) is 1. The number of aromatic nitrogens is 4. The third-order valence-corrected chi connectivity index (χ3v) is 9.30. The Morgan fingerprint density at radius 1 is 1.02 bits per heavy atom. The van der Waals surface area contributed by atoms with E-state index in [-0.39, 0.29) is 49.3 Å². The van der Waals surface area contributed by atoms with Crippen LogP contribution in [0.2, 0.25) is 0 Å². The molecular formula is C37H34F2N8O2. The van der Waals surface area contributed by atoms with Gasteiger partial charge in [0.25, 0.3) is 5.91 Å². The molecule has 0 spiro atoms. The summed E-state index contributed by atoms with van der Waals surface area (Å²) in [5.74, 6) is -2.03. The SMILES string of the molecule is CN1CCC[C@H]1COc1nc(N2CCN(C(=O)/C(F)=C/c3ccccn3)[C@@H](CC#N)C2)c2cnc(-c3cccc4ccccc34)c(F)c2n1. The van der Waals surface area contributed by atoms with E-state index in [1.807, 2.05) is 54.4 Å². The lowest BCUT2D eigenvalue weighted by Crippen LogP contribution is -2.55. The van der Waals surface area contributed by atoms with Gasteiger partial charge >= 0.3 is 6.01 Å². The van der Waals surface area contributed by atoms with Crippen LogP contribution in [0.15, 0.2) is 78.9 Å². The highest BCUT2D eigenvalue weighted by atomic mass is 19.1. The topological polar surface area (TPSA) is 111 Å². The summed E-state index contributed by atoms with van der Waals surface area (Å²) < 4.78 is 38.0. The van der Waals surface area contributed by atoms with Crippen molar-refractivity contribution in [2.45, 2.75) is 31.3 Å². The number of fused-ring (bicyclic) bond motifs is 2. The number of pyridine rings is 2. The Hall–Kier alpha value is -5.54. The van der Waals surface area contributed by atoms with Crippen LogP contribution in [0.5, 0.6) is 6.01 Å². The zero-order valence-electron chi connectivity index (χ0n) is 27.0. The molecule has 0 N–H and O–H groups in total. The zero-order valence-corrected chi connectivity index (χ0v) is 27.0. The molecule has 7 rings (SSSR count). The van der Waals surface area contributed by atoms with E-state index in [9.17, 15) is 10.1 Å². The van der Waals surface area contributed by atoms with Crippen LogP contribution in [0.25, 0.3) is 39.0 Å². The third kappa shape index (κ3) is 6.49. The first kappa shape index (κ1) is 32.0. The van der Waals surface area contributed by atoms with E-state index in [4.69, 9.17) is 9.72 Å². The maximum absolute atomic E-state index is 16.7. The number of hydrogen-bond donors (Lipinski definition) is 0. The van der Waals surface area contributed by atoms with Gasteiger partial charge in [0, 0.05) is 49.7 Å². The molecule has 2 aliphatic rings. The molecule has 0 saturated carbocycles. The third-order valence-electron chi connectivity index (χ3n) is 9.30. The Balaban J connectivity index is 1.25. The lowest BCUT2D eigenvalue weighted by Gasteiger charge is -2.41. The van der Waals surface area contributed by atoms with Crippen molar-refractivity contribution in [3.63, 3.8) is 0 Å². The number of ether oxygens (including phenoxy) is 1. The summed E-state index contributed by atoms with van der Waals surface area (Å²) in [6.45, 7) is 1.81. The number of piperazine rings is 1. The van der Waals surface area contributed by atoms with Crippen molar-refractivity contribution >= 4 is 39.5 Å². The minimum Gasteiger partial charge on any atom is -0.462 e. The minimum absolute atomic E-state index is 0.0245. The van der Waals surface area contributed by atoms with Gasteiger partial charge in [0.2, 0.25) is 0 Å². The van der Waals surface area contributed by atoms with Crippen molar-refractivity contribution in [1.82, 2.24) is 29.7 Å². The van der Waals surface area contributed by atoms with Crippen molar-refractivity contribution in [1.29, 1.82) is 5.26 Å². The predicted molar refractivity (Wildman–Crippen MR) is 183 cm³/mol. The van der Waals surface area contributed by atoms with Gasteiger partial charge in [-0.05, 0) is 49.3 Å². The largest absolute Gasteiger partial charge is 0.462 e. The van der Waals surface area contributed by atoms with E-state index in [0.717, 1.165) is 36.2 Å². The first-order chi connectivity index (χ1) is 23.9. The summed E-state index contributed by atoms with van der Waals surface area (Å²) in [6.07, 6.45) is 6.15. The number of halogens is 2. The molecule has 2 aliphatic heterocycles. The number of likely N-dealkylation sites (tertiary alicyclic amines) is 1. The standard InChI is InChI=1S/C37H34F2N8O2/c1-45-17-7-11-27(45)23-49-37-43-34-30(21-42-33(32(34)39)29-13-6-9-24-8-2-3-12-28(24)29)35(44-37)46-18-19-47(26(22-46)14-15-40)36(48)31(38)20-25-10-4-5-16-41-25/h2-6,8-10,12-13,16,20-21,26-27H,7,11,14,17-19,22-23H2,1H3/b31-20-/t26-,27-/m0/s1. The molecule has 5 aromatic rings. The molecule has 0 unspecified atom stereocenters. The predicted octanol–water partition coefficient (Wildman–Crippen LogP) is 5.79. The van der Waals surface area contributed by atoms with Crippen molar-refractivity contribution in [2.24, 2.45) is 0 Å². The number of carbonyl (C=O) groups is 1. The molecule has 0 bridgehead atoms. The van der Waals surface area contributed by atoms with Gasteiger partial charge in [-0.1, -0.05) is 48.5 Å². The maximum atomic E-state index is 16.7. The van der Waals surface area contributed by atoms with Crippen molar-refractivity contribution in [3.8, 4) is 23.3 Å². The van der Waals surface area contributed by atoms with E-state index in [1.54, 1.807) is 24.4 Å². The molecular weight excluding hydrogens is 626 g/mol. The Labute approximate surface area is 282 Å². The summed E-state index contributed by atoms with van der Waals surface area (Å²) in [6, 6.07) is 20.1. The van der Waals surface area contributed by atoms with Crippen LogP contribution in [-0.4, -0.2) is 87.6 Å². The fraction of sp³-hybridized carbons (Fsp3) is 0.297. The number of nitriles is 1.